The van der Waals surface area contributed by atoms with Gasteiger partial charge in [-0.15, -0.1) is 0 Å². The first kappa shape index (κ1) is 74.2. The van der Waals surface area contributed by atoms with Gasteiger partial charge in [0, 0.05) is 54.2 Å². The molecule has 0 aliphatic carbocycles. The van der Waals surface area contributed by atoms with Gasteiger partial charge >= 0.3 is 5.97 Å². The highest BCUT2D eigenvalue weighted by Crippen LogP contribution is 2.49. The Morgan fingerprint density at radius 1 is 0.542 bits per heavy atom. The third-order valence-corrected chi connectivity index (χ3v) is 15.7. The molecule has 2 aromatic rings. The molecule has 0 spiro atoms. The Labute approximate surface area is 441 Å². The molecule has 0 heterocycles. The van der Waals surface area contributed by atoms with Crippen LogP contribution in [0.3, 0.4) is 0 Å². The summed E-state index contributed by atoms with van der Waals surface area (Å²) >= 11 is 0. The highest BCUT2D eigenvalue weighted by Gasteiger charge is 2.31. The Hall–Kier alpha value is -2.08. The summed E-state index contributed by atoms with van der Waals surface area (Å²) < 4.78 is 82.9. The molecule has 72 heavy (non-hydrogen) atoms. The third kappa shape index (κ3) is 31.1. The van der Waals surface area contributed by atoms with E-state index in [2.05, 4.69) is 143 Å². The van der Waals surface area contributed by atoms with E-state index in [1.54, 1.807) is 0 Å². The van der Waals surface area contributed by atoms with Crippen molar-refractivity contribution >= 4 is 28.7 Å². The average molecular weight is 1070 g/mol. The van der Waals surface area contributed by atoms with Crippen molar-refractivity contribution in [1.82, 2.24) is 14.0 Å². The highest BCUT2D eigenvalue weighted by atomic mass is 31.2. The topological polar surface area (TPSA) is 80.8 Å². The van der Waals surface area contributed by atoms with Crippen molar-refractivity contribution in [2.45, 2.75) is 234 Å². The second-order valence-electron chi connectivity index (χ2n) is 21.3. The lowest BCUT2D eigenvalue weighted by molar-refractivity contribution is -0.135. The fourth-order valence-corrected chi connectivity index (χ4v) is 10.3. The number of esters is 1. The van der Waals surface area contributed by atoms with Gasteiger partial charge in [0.25, 0.3) is 8.53 Å². The number of ether oxygens (including phenoxy) is 1. The lowest BCUT2D eigenvalue weighted by atomic mass is 10.0. The van der Waals surface area contributed by atoms with Crippen molar-refractivity contribution in [3.63, 3.8) is 0 Å². The Morgan fingerprint density at radius 3 is 1.40 bits per heavy atom. The molecule has 2 aromatic carbocycles. The number of carbonyl (C=O) groups excluding carboxylic acids is 2. The summed E-state index contributed by atoms with van der Waals surface area (Å²) in [6, 6.07) is 10.3. The van der Waals surface area contributed by atoms with Crippen molar-refractivity contribution in [2.75, 3.05) is 26.9 Å². The lowest BCUT2D eigenvalue weighted by Gasteiger charge is -2.42. The van der Waals surface area contributed by atoms with Crippen LogP contribution in [0.1, 0.15) is 212 Å². The number of hydrogen-bond acceptors (Lipinski definition) is 9. The second kappa shape index (κ2) is 40.2. The molecule has 0 aliphatic rings. The summed E-state index contributed by atoms with van der Waals surface area (Å²) in [5, 5.41) is 0. The molecule has 0 fully saturated rings. The average Bonchev–Trinajstić information content (AvgIpc) is 3.26. The monoisotopic (exact) mass is 1070 g/mol. The Bertz CT molecular complexity index is 1690. The molecule has 0 amide bonds. The zero-order valence-electron chi connectivity index (χ0n) is 48.5. The molecule has 0 saturated carbocycles. The van der Waals surface area contributed by atoms with Gasteiger partial charge in [-0.2, -0.15) is 4.39 Å². The van der Waals surface area contributed by atoms with Gasteiger partial charge in [-0.1, -0.05) is 106 Å². The molecule has 0 aromatic heterocycles. The van der Waals surface area contributed by atoms with Gasteiger partial charge in [-0.25, -0.2) is 27.2 Å². The quantitative estimate of drug-likeness (QED) is 0.0157. The van der Waals surface area contributed by atoms with Crippen LogP contribution in [0.2, 0.25) is 0 Å². The molecule has 2 rings (SSSR count). The fourth-order valence-electron chi connectivity index (χ4n) is 6.50. The number of benzene rings is 2. The first-order valence-electron chi connectivity index (χ1n) is 26.3. The minimum absolute atomic E-state index is 0. The Kier molecular flexibility index (Phi) is 41.4. The summed E-state index contributed by atoms with van der Waals surface area (Å²) in [5.74, 6) is -6.26. The SMILES string of the molecule is C.CC(C)CCOP(N(C)C(C)C)N(C(C)C)C(C)C.CCCOP(OCCC(C)C)N(C(C)C)C(C)C.Cc1c(F)c(F)c(F)c(OC(=O)CCC(C)C)c1F.Cc1ccc(C(=O)CCCC(C)C)cc1. The largest absolute Gasteiger partial charge is 0.420 e. The van der Waals surface area contributed by atoms with Crippen LogP contribution in [0.15, 0.2) is 24.3 Å². The molecule has 0 radical (unpaired) electrons. The first-order chi connectivity index (χ1) is 32.9. The Balaban J connectivity index is -0.000000880. The second-order valence-corrected chi connectivity index (χ2v) is 24.7. The van der Waals surface area contributed by atoms with Crippen LogP contribution in [-0.4, -0.2) is 82.8 Å². The van der Waals surface area contributed by atoms with Gasteiger partial charge in [-0.3, -0.25) is 9.59 Å². The molecule has 9 nitrogen and oxygen atoms in total. The number of carbonyl (C=O) groups is 2. The van der Waals surface area contributed by atoms with Gasteiger partial charge in [0.05, 0.1) is 19.8 Å². The maximum absolute atomic E-state index is 13.5. The van der Waals surface area contributed by atoms with Crippen molar-refractivity contribution in [1.29, 1.82) is 0 Å². The van der Waals surface area contributed by atoms with Crippen molar-refractivity contribution in [3.8, 4) is 5.75 Å². The molecule has 0 saturated heterocycles. The van der Waals surface area contributed by atoms with Crippen LogP contribution in [0.5, 0.6) is 5.75 Å². The Morgan fingerprint density at radius 2 is 0.986 bits per heavy atom. The number of nitrogens with zero attached hydrogens (tertiary/aromatic N) is 3. The van der Waals surface area contributed by atoms with Gasteiger partial charge in [0.2, 0.25) is 11.6 Å². The van der Waals surface area contributed by atoms with Crippen LogP contribution >= 0.6 is 17.0 Å². The van der Waals surface area contributed by atoms with E-state index in [1.165, 1.54) is 5.56 Å². The van der Waals surface area contributed by atoms with E-state index in [9.17, 15) is 27.2 Å². The van der Waals surface area contributed by atoms with E-state index >= 15 is 0 Å². The first-order valence-corrected chi connectivity index (χ1v) is 28.6. The number of ketones is 1. The number of hydrogen-bond donors (Lipinski definition) is 0. The predicted octanol–water partition coefficient (Wildman–Crippen LogP) is 18.1. The molecule has 15 heteroatoms. The highest BCUT2D eigenvalue weighted by molar-refractivity contribution is 7.47. The molecular formula is C57H105F4N3O6P2. The molecule has 0 N–H and O–H groups in total. The van der Waals surface area contributed by atoms with E-state index < -0.39 is 57.5 Å². The van der Waals surface area contributed by atoms with Gasteiger partial charge in [-0.05, 0) is 146 Å². The number of aryl methyl sites for hydroxylation is 1. The molecular weight excluding hydrogens is 961 g/mol. The molecule has 2 unspecified atom stereocenters. The molecule has 0 bridgehead atoms. The van der Waals surface area contributed by atoms with Gasteiger partial charge in [0.15, 0.2) is 31.7 Å². The minimum atomic E-state index is -1.86. The predicted molar refractivity (Wildman–Crippen MR) is 300 cm³/mol. The van der Waals surface area contributed by atoms with Crippen LogP contribution in [-0.2, 0) is 18.4 Å². The maximum atomic E-state index is 13.5. The zero-order chi connectivity index (χ0) is 55.3. The lowest BCUT2D eigenvalue weighted by Crippen LogP contribution is -2.39. The zero-order valence-corrected chi connectivity index (χ0v) is 50.3. The summed E-state index contributed by atoms with van der Waals surface area (Å²) in [7, 11) is 0.610. The van der Waals surface area contributed by atoms with E-state index in [0.717, 1.165) is 64.4 Å². The number of halogens is 4. The van der Waals surface area contributed by atoms with Gasteiger partial charge < -0.3 is 18.3 Å². The molecule has 0 aliphatic heterocycles. The van der Waals surface area contributed by atoms with Gasteiger partial charge in [0.1, 0.15) is 0 Å². The summed E-state index contributed by atoms with van der Waals surface area (Å²) in [4.78, 5) is 23.1. The molecule has 422 valence electrons. The normalized spacial score (nSPS) is 12.5. The van der Waals surface area contributed by atoms with Crippen LogP contribution in [0, 0.1) is 60.8 Å². The smallest absolute Gasteiger partial charge is 0.311 e. The van der Waals surface area contributed by atoms with Crippen LogP contribution < -0.4 is 4.74 Å². The van der Waals surface area contributed by atoms with E-state index in [0.29, 0.717) is 60.8 Å². The summed E-state index contributed by atoms with van der Waals surface area (Å²) in [6.07, 6.45) is 6.49. The maximum Gasteiger partial charge on any atom is 0.311 e. The fraction of sp³-hybridized carbons (Fsp3) is 0.754. The van der Waals surface area contributed by atoms with Crippen LogP contribution in [0.4, 0.5) is 17.6 Å². The third-order valence-electron chi connectivity index (χ3n) is 10.9. The summed E-state index contributed by atoms with van der Waals surface area (Å²) in [5.41, 5.74) is 1.32. The van der Waals surface area contributed by atoms with E-state index in [-0.39, 0.29) is 25.5 Å². The van der Waals surface area contributed by atoms with Crippen molar-refractivity contribution < 1.29 is 45.5 Å². The standard InChI is InChI=1S/C15H35N2OP.C14H32NO2P.C14H20O.C13H14F4O2.CH4/c1-12(2)10-11-18-19(16(9)13(3)4)17(14(5)6)15(7)8;1-8-10-16-18(17-11-9-12(2)3)15(13(4)5)14(6)7;1-11(2)5-4-6-14(15)13-9-7-12(3)8-10-13;1-6(2)4-5-8(18)19-13-10(15)7(3)9(14)11(16)12(13)17;/h12-15H,10-11H2,1-9H3;12-14H,8-11H2,1-7H3;7-11H,4-6H2,1-3H3;6H,4-5H2,1-3H3;1H4. The molecule has 2 atom stereocenters. The van der Waals surface area contributed by atoms with E-state index in [4.69, 9.17) is 13.6 Å². The van der Waals surface area contributed by atoms with Crippen LogP contribution in [0.25, 0.3) is 0 Å². The van der Waals surface area contributed by atoms with Crippen molar-refractivity contribution in [3.05, 3.63) is 64.2 Å². The number of rotatable bonds is 28. The summed E-state index contributed by atoms with van der Waals surface area (Å²) in [6.45, 7) is 46.9. The number of Topliss-reactive ketones (excluding diaryl/α,β-unsaturated/α-hetero) is 1. The minimum Gasteiger partial charge on any atom is -0.420 e. The van der Waals surface area contributed by atoms with E-state index in [1.807, 2.05) is 45.0 Å². The van der Waals surface area contributed by atoms with Crippen molar-refractivity contribution in [2.24, 2.45) is 23.7 Å².